The van der Waals surface area contributed by atoms with Crippen molar-refractivity contribution in [2.75, 3.05) is 11.6 Å². The van der Waals surface area contributed by atoms with E-state index in [1.165, 1.54) is 0 Å². The first-order chi connectivity index (χ1) is 9.95. The van der Waals surface area contributed by atoms with Crippen molar-refractivity contribution >= 4 is 60.0 Å². The lowest BCUT2D eigenvalue weighted by molar-refractivity contribution is 0.687. The maximum Gasteiger partial charge on any atom is 0.198 e. The minimum atomic E-state index is -1.03. The summed E-state index contributed by atoms with van der Waals surface area (Å²) < 4.78 is 13.2. The zero-order valence-electron chi connectivity index (χ0n) is 11.1. The number of hydrogen-bond acceptors (Lipinski definition) is 2. The molecule has 0 fully saturated rings. The van der Waals surface area contributed by atoms with Crippen LogP contribution in [0.4, 0.5) is 11.4 Å². The van der Waals surface area contributed by atoms with Gasteiger partial charge < -0.3 is 11.1 Å². The molecule has 2 aromatic carbocycles. The summed E-state index contributed by atoms with van der Waals surface area (Å²) in [6.07, 6.45) is 1.63. The second kappa shape index (κ2) is 7.20. The first-order valence-corrected chi connectivity index (χ1v) is 9.10. The molecule has 21 heavy (non-hydrogen) atoms. The van der Waals surface area contributed by atoms with Gasteiger partial charge in [-0.15, -0.1) is 0 Å². The fourth-order valence-electron chi connectivity index (χ4n) is 1.63. The first-order valence-electron chi connectivity index (χ1n) is 5.95. The average Bonchev–Trinajstić information content (AvgIpc) is 2.43. The highest BCUT2D eigenvalue weighted by atomic mass is 79.9. The van der Waals surface area contributed by atoms with Gasteiger partial charge in [0.15, 0.2) is 5.96 Å². The van der Waals surface area contributed by atoms with Gasteiger partial charge in [0, 0.05) is 36.6 Å². The van der Waals surface area contributed by atoms with E-state index in [4.69, 9.17) is 5.73 Å². The number of nitrogens with two attached hydrogens (primary N) is 1. The molecule has 0 amide bonds. The second-order valence-corrected chi connectivity index (χ2v) is 7.35. The van der Waals surface area contributed by atoms with Crippen LogP contribution in [-0.2, 0) is 10.8 Å². The molecule has 1 unspecified atom stereocenters. The lowest BCUT2D eigenvalue weighted by Gasteiger charge is -2.07. The molecule has 7 heteroatoms. The molecular weight excluding hydrogens is 418 g/mol. The van der Waals surface area contributed by atoms with Crippen molar-refractivity contribution in [3.8, 4) is 0 Å². The molecule has 0 aliphatic rings. The van der Waals surface area contributed by atoms with Crippen LogP contribution >= 0.6 is 31.9 Å². The number of benzene rings is 2. The number of hydrogen-bond donors (Lipinski definition) is 2. The number of anilines is 1. The molecule has 0 saturated carbocycles. The number of nitrogens with zero attached hydrogens (tertiary/aromatic N) is 1. The third-order valence-corrected chi connectivity index (χ3v) is 4.67. The van der Waals surface area contributed by atoms with Gasteiger partial charge in [-0.25, -0.2) is 4.99 Å². The largest absolute Gasteiger partial charge is 0.369 e. The van der Waals surface area contributed by atoms with E-state index < -0.39 is 10.8 Å². The van der Waals surface area contributed by atoms with E-state index in [0.717, 1.165) is 19.5 Å². The van der Waals surface area contributed by atoms with Crippen molar-refractivity contribution in [3.63, 3.8) is 0 Å². The molecule has 1 atom stereocenters. The zero-order chi connectivity index (χ0) is 15.4. The molecule has 0 spiro atoms. The highest BCUT2D eigenvalue weighted by molar-refractivity contribution is 9.11. The monoisotopic (exact) mass is 429 g/mol. The predicted octanol–water partition coefficient (Wildman–Crippen LogP) is 4.01. The highest BCUT2D eigenvalue weighted by Crippen LogP contribution is 2.28. The molecule has 3 N–H and O–H groups in total. The Morgan fingerprint density at radius 2 is 2.00 bits per heavy atom. The molecule has 4 nitrogen and oxygen atoms in total. The van der Waals surface area contributed by atoms with Gasteiger partial charge in [0.25, 0.3) is 0 Å². The van der Waals surface area contributed by atoms with Crippen molar-refractivity contribution in [1.29, 1.82) is 0 Å². The average molecular weight is 431 g/mol. The van der Waals surface area contributed by atoms with Crippen LogP contribution in [0.2, 0.25) is 0 Å². The maximum atomic E-state index is 11.5. The van der Waals surface area contributed by atoms with Gasteiger partial charge >= 0.3 is 0 Å². The molecule has 0 bridgehead atoms. The van der Waals surface area contributed by atoms with E-state index in [1.807, 2.05) is 30.3 Å². The molecule has 0 aromatic heterocycles. The SMILES string of the molecule is CS(=O)c1cccc(NC(N)=Nc2cc(Br)ccc2Br)c1. The van der Waals surface area contributed by atoms with E-state index >= 15 is 0 Å². The minimum absolute atomic E-state index is 0.257. The lowest BCUT2D eigenvalue weighted by Crippen LogP contribution is -2.22. The summed E-state index contributed by atoms with van der Waals surface area (Å²) in [5.74, 6) is 0.257. The lowest BCUT2D eigenvalue weighted by atomic mass is 10.3. The number of nitrogens with one attached hydrogen (secondary N) is 1. The molecule has 0 radical (unpaired) electrons. The fourth-order valence-corrected chi connectivity index (χ4v) is 2.88. The summed E-state index contributed by atoms with van der Waals surface area (Å²) in [5.41, 5.74) is 7.37. The summed E-state index contributed by atoms with van der Waals surface area (Å²) in [6, 6.07) is 12.9. The van der Waals surface area contributed by atoms with Crippen molar-refractivity contribution in [2.24, 2.45) is 10.7 Å². The fraction of sp³-hybridized carbons (Fsp3) is 0.0714. The van der Waals surface area contributed by atoms with Crippen LogP contribution < -0.4 is 11.1 Å². The third kappa shape index (κ3) is 4.66. The quantitative estimate of drug-likeness (QED) is 0.571. The molecule has 0 heterocycles. The predicted molar refractivity (Wildman–Crippen MR) is 95.5 cm³/mol. The maximum absolute atomic E-state index is 11.5. The summed E-state index contributed by atoms with van der Waals surface area (Å²) in [4.78, 5) is 5.05. The minimum Gasteiger partial charge on any atom is -0.369 e. The Bertz CT molecular complexity index is 719. The highest BCUT2D eigenvalue weighted by Gasteiger charge is 2.03. The van der Waals surface area contributed by atoms with Gasteiger partial charge in [0.05, 0.1) is 5.69 Å². The smallest absolute Gasteiger partial charge is 0.198 e. The van der Waals surface area contributed by atoms with Crippen LogP contribution in [0.25, 0.3) is 0 Å². The molecule has 0 aliphatic heterocycles. The van der Waals surface area contributed by atoms with Crippen molar-refractivity contribution in [3.05, 3.63) is 51.4 Å². The van der Waals surface area contributed by atoms with Gasteiger partial charge in [0.1, 0.15) is 0 Å². The Kier molecular flexibility index (Phi) is 5.55. The summed E-state index contributed by atoms with van der Waals surface area (Å²) in [6.45, 7) is 0. The molecule has 2 aromatic rings. The first kappa shape index (κ1) is 16.2. The van der Waals surface area contributed by atoms with E-state index in [1.54, 1.807) is 18.4 Å². The number of rotatable bonds is 3. The van der Waals surface area contributed by atoms with Gasteiger partial charge in [-0.05, 0) is 52.3 Å². The van der Waals surface area contributed by atoms with Crippen LogP contribution in [0.5, 0.6) is 0 Å². The van der Waals surface area contributed by atoms with Gasteiger partial charge in [-0.2, -0.15) is 0 Å². The molecule has 2 rings (SSSR count). The number of halogens is 2. The second-order valence-electron chi connectivity index (χ2n) is 4.20. The summed E-state index contributed by atoms with van der Waals surface area (Å²) in [7, 11) is -1.03. The Balaban J connectivity index is 2.23. The van der Waals surface area contributed by atoms with E-state index in [-0.39, 0.29) is 5.96 Å². The topological polar surface area (TPSA) is 67.5 Å². The number of guanidine groups is 1. The molecule has 0 aliphatic carbocycles. The van der Waals surface area contributed by atoms with Crippen LogP contribution in [0.3, 0.4) is 0 Å². The van der Waals surface area contributed by atoms with Gasteiger partial charge in [-0.1, -0.05) is 22.0 Å². The van der Waals surface area contributed by atoms with Crippen LogP contribution in [0.1, 0.15) is 0 Å². The Morgan fingerprint density at radius 3 is 2.71 bits per heavy atom. The molecule has 0 saturated heterocycles. The van der Waals surface area contributed by atoms with Gasteiger partial charge in [-0.3, -0.25) is 4.21 Å². The van der Waals surface area contributed by atoms with Crippen LogP contribution in [0.15, 0.2) is 61.3 Å². The Morgan fingerprint density at radius 1 is 1.24 bits per heavy atom. The molecule has 110 valence electrons. The van der Waals surface area contributed by atoms with E-state index in [0.29, 0.717) is 5.69 Å². The van der Waals surface area contributed by atoms with Crippen molar-refractivity contribution in [1.82, 2.24) is 0 Å². The summed E-state index contributed by atoms with van der Waals surface area (Å²) >= 11 is 6.82. The molecular formula is C14H13Br2N3OS. The Labute approximate surface area is 142 Å². The van der Waals surface area contributed by atoms with Crippen molar-refractivity contribution < 1.29 is 4.21 Å². The van der Waals surface area contributed by atoms with Gasteiger partial charge in [0.2, 0.25) is 0 Å². The normalized spacial score (nSPS) is 13.0. The third-order valence-electron chi connectivity index (χ3n) is 2.59. The van der Waals surface area contributed by atoms with E-state index in [2.05, 4.69) is 42.2 Å². The standard InChI is InChI=1S/C14H13Br2N3OS/c1-21(20)11-4-2-3-10(8-11)18-14(17)19-13-7-9(15)5-6-12(13)16/h2-8H,1H3,(H3,17,18,19). The van der Waals surface area contributed by atoms with Crippen molar-refractivity contribution in [2.45, 2.75) is 4.90 Å². The Hall–Kier alpha value is -1.18. The van der Waals surface area contributed by atoms with Crippen LogP contribution in [-0.4, -0.2) is 16.4 Å². The van der Waals surface area contributed by atoms with Crippen LogP contribution in [0, 0.1) is 0 Å². The zero-order valence-corrected chi connectivity index (χ0v) is 15.1. The number of aliphatic imine (C=N–C) groups is 1. The summed E-state index contributed by atoms with van der Waals surface area (Å²) in [5, 5.41) is 2.99. The van der Waals surface area contributed by atoms with E-state index in [9.17, 15) is 4.21 Å².